The molecule has 2 aromatic heterocycles. The number of rotatable bonds is 11. The molecule has 0 bridgehead atoms. The molecule has 0 spiro atoms. The van der Waals surface area contributed by atoms with E-state index in [4.69, 9.17) is 22.1 Å². The average molecular weight is 712 g/mol. The summed E-state index contributed by atoms with van der Waals surface area (Å²) >= 11 is 6.31. The number of carbonyl (C=O) groups excluding carboxylic acids is 2. The van der Waals surface area contributed by atoms with E-state index in [-0.39, 0.29) is 40.6 Å². The average Bonchev–Trinajstić information content (AvgIpc) is 3.45. The topological polar surface area (TPSA) is 146 Å². The monoisotopic (exact) mass is 711 g/mol. The number of likely N-dealkylation sites (N-methyl/N-ethyl adjacent to an activating group) is 1. The largest absolute Gasteiger partial charge is 0.447 e. The van der Waals surface area contributed by atoms with E-state index in [9.17, 15) is 31.5 Å². The highest BCUT2D eigenvalue weighted by Gasteiger charge is 2.64. The zero-order valence-corrected chi connectivity index (χ0v) is 26.5. The van der Waals surface area contributed by atoms with Crippen molar-refractivity contribution in [3.8, 4) is 16.9 Å². The number of nitrogens with zero attached hydrogens (tertiary/aromatic N) is 7. The summed E-state index contributed by atoms with van der Waals surface area (Å²) in [5.41, 5.74) is 4.81. The number of alkyl carbamates (subject to hydrolysis) is 1. The predicted octanol–water partition coefficient (Wildman–Crippen LogP) is 5.45. The normalized spacial score (nSPS) is 15.5. The van der Waals surface area contributed by atoms with Crippen LogP contribution in [-0.2, 0) is 16.6 Å². The summed E-state index contributed by atoms with van der Waals surface area (Å²) in [7, 11) is 3.06. The molecule has 0 aliphatic heterocycles. The first-order valence-corrected chi connectivity index (χ1v) is 14.8. The number of hydrogen-bond donors (Lipinski definition) is 2. The van der Waals surface area contributed by atoms with Gasteiger partial charge in [-0.25, -0.2) is 32.6 Å². The molecule has 3 N–H and O–H groups in total. The lowest BCUT2D eigenvalue weighted by Crippen LogP contribution is -2.48. The fourth-order valence-corrected chi connectivity index (χ4v) is 5.17. The van der Waals surface area contributed by atoms with Crippen LogP contribution in [0.1, 0.15) is 48.3 Å². The molecule has 1 aliphatic carbocycles. The molecule has 2 unspecified atom stereocenters. The summed E-state index contributed by atoms with van der Waals surface area (Å²) in [5, 5.41) is 9.85. The molecule has 4 aromatic rings. The van der Waals surface area contributed by atoms with Crippen LogP contribution >= 0.6 is 11.6 Å². The van der Waals surface area contributed by atoms with Crippen LogP contribution in [0, 0.1) is 5.82 Å². The number of alkyl halides is 5. The quantitative estimate of drug-likeness (QED) is 0.0905. The van der Waals surface area contributed by atoms with Gasteiger partial charge in [-0.3, -0.25) is 4.68 Å². The predicted molar refractivity (Wildman–Crippen MR) is 163 cm³/mol. The first kappa shape index (κ1) is 35.2. The summed E-state index contributed by atoms with van der Waals surface area (Å²) in [4.78, 5) is 33.6. The number of amides is 1. The Morgan fingerprint density at radius 3 is 2.55 bits per heavy atom. The van der Waals surface area contributed by atoms with Gasteiger partial charge >= 0.3 is 12.3 Å². The van der Waals surface area contributed by atoms with Crippen LogP contribution in [0.15, 0.2) is 60.0 Å². The van der Waals surface area contributed by atoms with Gasteiger partial charge in [0.25, 0.3) is 6.43 Å². The first-order valence-electron chi connectivity index (χ1n) is 14.4. The Morgan fingerprint density at radius 2 is 1.96 bits per heavy atom. The smallest absolute Gasteiger partial charge is 0.411 e. The summed E-state index contributed by atoms with van der Waals surface area (Å²) in [6.45, 7) is -0.647. The lowest BCUT2D eigenvalue weighted by Gasteiger charge is -2.30. The Balaban J connectivity index is 1.46. The molecule has 260 valence electrons. The summed E-state index contributed by atoms with van der Waals surface area (Å²) in [6, 6.07) is 7.19. The second kappa shape index (κ2) is 13.8. The van der Waals surface area contributed by atoms with Crippen molar-refractivity contribution in [2.24, 2.45) is 17.8 Å². The molecule has 2 aromatic carbocycles. The number of halogens is 7. The van der Waals surface area contributed by atoms with Gasteiger partial charge in [-0.1, -0.05) is 29.8 Å². The number of nitrogens with one attached hydrogen (secondary N) is 1. The molecule has 0 saturated heterocycles. The Kier molecular flexibility index (Phi) is 9.89. The number of aromatic nitrogens is 5. The van der Waals surface area contributed by atoms with E-state index in [1.807, 2.05) is 5.32 Å². The lowest BCUT2D eigenvalue weighted by atomic mass is 10.0. The fraction of sp³-hybridized carbons (Fsp3) is 0.333. The SMILES string of the molecule is CN(C(N)=NC(C=O)c1ccc(-c2ccn(C)n2)cc1F)C(COC(=O)NC1(C(F)(F)F)CC1)c1ccc(Cl)c(-n2ncnc2C(F)F)c1. The fourth-order valence-electron chi connectivity index (χ4n) is 4.97. The molecule has 1 saturated carbocycles. The number of ether oxygens (including phenoxy) is 1. The van der Waals surface area contributed by atoms with Gasteiger partial charge < -0.3 is 25.5 Å². The third-order valence-electron chi connectivity index (χ3n) is 7.92. The van der Waals surface area contributed by atoms with Crippen LogP contribution in [0.5, 0.6) is 0 Å². The Bertz CT molecular complexity index is 1880. The van der Waals surface area contributed by atoms with Gasteiger partial charge in [0.15, 0.2) is 11.8 Å². The lowest BCUT2D eigenvalue weighted by molar-refractivity contribution is -0.164. The highest BCUT2D eigenvalue weighted by atomic mass is 35.5. The summed E-state index contributed by atoms with van der Waals surface area (Å²) in [5.74, 6) is -1.88. The van der Waals surface area contributed by atoms with Crippen molar-refractivity contribution in [1.82, 2.24) is 34.8 Å². The number of aryl methyl sites for hydroxylation is 1. The standard InChI is InChI=1S/C30H28ClF6N9O3/c1-44-10-7-21(43-44)16-3-5-18(20(32)11-16)22(13-47)41-27(38)45(2)24(14-49-28(48)42-29(8-9-29)30(35,36)37)17-4-6-19(31)23(12-17)46-26(25(33)34)39-15-40-46/h3-7,10-13,15,22,24-25H,8-9,14H2,1-2H3,(H2,38,41)(H,42,48). The Labute approximate surface area is 279 Å². The van der Waals surface area contributed by atoms with E-state index in [1.165, 1.54) is 47.0 Å². The van der Waals surface area contributed by atoms with Crippen molar-refractivity contribution < 1.29 is 40.7 Å². The number of nitrogens with two attached hydrogens (primary N) is 1. The maximum Gasteiger partial charge on any atom is 0.411 e. The molecule has 19 heteroatoms. The summed E-state index contributed by atoms with van der Waals surface area (Å²) < 4.78 is 90.4. The second-order valence-electron chi connectivity index (χ2n) is 11.2. The van der Waals surface area contributed by atoms with Crippen LogP contribution in [0.2, 0.25) is 5.02 Å². The number of benzene rings is 2. The minimum atomic E-state index is -4.71. The Morgan fingerprint density at radius 1 is 1.22 bits per heavy atom. The van der Waals surface area contributed by atoms with Gasteiger partial charge in [0, 0.05) is 31.4 Å². The first-order chi connectivity index (χ1) is 23.1. The number of carbonyl (C=O) groups is 2. The molecule has 2 atom stereocenters. The van der Waals surface area contributed by atoms with Crippen LogP contribution in [0.3, 0.4) is 0 Å². The Hall–Kier alpha value is -5.13. The molecule has 1 aliphatic rings. The second-order valence-corrected chi connectivity index (χ2v) is 11.6. The van der Waals surface area contributed by atoms with Gasteiger partial charge in [-0.15, -0.1) is 0 Å². The van der Waals surface area contributed by atoms with Crippen LogP contribution in [0.4, 0.5) is 31.1 Å². The number of aliphatic imine (C=N–C) groups is 1. The molecule has 0 radical (unpaired) electrons. The van der Waals surface area contributed by atoms with Crippen LogP contribution < -0.4 is 11.1 Å². The molecule has 2 heterocycles. The molecule has 12 nitrogen and oxygen atoms in total. The van der Waals surface area contributed by atoms with Crippen molar-refractivity contribution in [1.29, 1.82) is 0 Å². The van der Waals surface area contributed by atoms with Gasteiger partial charge in [0.1, 0.15) is 36.6 Å². The van der Waals surface area contributed by atoms with E-state index in [1.54, 1.807) is 25.4 Å². The third kappa shape index (κ3) is 7.48. The molecule has 49 heavy (non-hydrogen) atoms. The highest BCUT2D eigenvalue weighted by molar-refractivity contribution is 6.32. The van der Waals surface area contributed by atoms with E-state index in [0.717, 1.165) is 11.0 Å². The number of hydrogen-bond acceptors (Lipinski definition) is 7. The van der Waals surface area contributed by atoms with Gasteiger partial charge in [0.05, 0.1) is 22.4 Å². The van der Waals surface area contributed by atoms with Gasteiger partial charge in [-0.2, -0.15) is 23.4 Å². The summed E-state index contributed by atoms with van der Waals surface area (Å²) in [6.07, 6.45) is -6.86. The molecular formula is C30H28ClF6N9O3. The zero-order chi connectivity index (χ0) is 35.7. The zero-order valence-electron chi connectivity index (χ0n) is 25.7. The minimum absolute atomic E-state index is 0.0238. The molecule has 1 fully saturated rings. The van der Waals surface area contributed by atoms with E-state index in [2.05, 4.69) is 20.2 Å². The van der Waals surface area contributed by atoms with Crippen LogP contribution in [-0.4, -0.2) is 73.2 Å². The van der Waals surface area contributed by atoms with E-state index < -0.39 is 54.6 Å². The molecular weight excluding hydrogens is 684 g/mol. The van der Waals surface area contributed by atoms with Gasteiger partial charge in [-0.05, 0) is 42.7 Å². The van der Waals surface area contributed by atoms with Crippen molar-refractivity contribution in [3.63, 3.8) is 0 Å². The van der Waals surface area contributed by atoms with Crippen LogP contribution in [0.25, 0.3) is 16.9 Å². The van der Waals surface area contributed by atoms with Crippen molar-refractivity contribution >= 4 is 29.9 Å². The maximum atomic E-state index is 15.3. The van der Waals surface area contributed by atoms with E-state index >= 15 is 4.39 Å². The molecule has 1 amide bonds. The van der Waals surface area contributed by atoms with Gasteiger partial charge in [0.2, 0.25) is 0 Å². The highest BCUT2D eigenvalue weighted by Crippen LogP contribution is 2.49. The number of aldehydes is 1. The maximum absolute atomic E-state index is 15.3. The van der Waals surface area contributed by atoms with E-state index in [0.29, 0.717) is 17.5 Å². The van der Waals surface area contributed by atoms with Crippen molar-refractivity contribution in [2.75, 3.05) is 13.7 Å². The third-order valence-corrected chi connectivity index (χ3v) is 8.24. The molecule has 5 rings (SSSR count). The minimum Gasteiger partial charge on any atom is -0.447 e. The van der Waals surface area contributed by atoms with Crippen molar-refractivity contribution in [2.45, 2.75) is 43.1 Å². The number of guanidine groups is 1. The van der Waals surface area contributed by atoms with Crippen molar-refractivity contribution in [3.05, 3.63) is 82.8 Å².